The Bertz CT molecular complexity index is 883. The van der Waals surface area contributed by atoms with E-state index in [0.717, 1.165) is 39.5 Å². The molecule has 0 saturated carbocycles. The summed E-state index contributed by atoms with van der Waals surface area (Å²) in [7, 11) is 0. The van der Waals surface area contributed by atoms with Crippen LogP contribution in [0.2, 0.25) is 0 Å². The van der Waals surface area contributed by atoms with Crippen LogP contribution in [0, 0.1) is 0 Å². The van der Waals surface area contributed by atoms with Crippen molar-refractivity contribution < 1.29 is 4.74 Å². The van der Waals surface area contributed by atoms with Crippen LogP contribution in [-0.4, -0.2) is 17.1 Å². The topological polar surface area (TPSA) is 34.0 Å². The Hall–Kier alpha value is -1.59. The molecule has 2 heterocycles. The van der Waals surface area contributed by atoms with Gasteiger partial charge >= 0.3 is 0 Å². The van der Waals surface area contributed by atoms with Gasteiger partial charge in [0.15, 0.2) is 5.17 Å². The maximum Gasteiger partial charge on any atom is 0.183 e. The Labute approximate surface area is 167 Å². The zero-order chi connectivity index (χ0) is 18.2. The summed E-state index contributed by atoms with van der Waals surface area (Å²) in [6, 6.07) is 16.7. The third-order valence-electron chi connectivity index (χ3n) is 5.10. The largest absolute Gasteiger partial charge is 0.482 e. The molecule has 0 fully saturated rings. The van der Waals surface area contributed by atoms with E-state index in [1.165, 1.54) is 5.56 Å². The van der Waals surface area contributed by atoms with Crippen LogP contribution in [0.1, 0.15) is 37.8 Å². The maximum absolute atomic E-state index is 6.63. The van der Waals surface area contributed by atoms with E-state index in [1.54, 1.807) is 11.8 Å². The molecule has 0 N–H and O–H groups in total. The molecule has 0 radical (unpaired) electrons. The van der Waals surface area contributed by atoms with Crippen LogP contribution >= 0.6 is 27.7 Å². The van der Waals surface area contributed by atoms with Gasteiger partial charge in [0.1, 0.15) is 16.9 Å². The highest BCUT2D eigenvalue weighted by atomic mass is 79.9. The van der Waals surface area contributed by atoms with Gasteiger partial charge in [0.05, 0.1) is 0 Å². The maximum atomic E-state index is 6.63. The van der Waals surface area contributed by atoms with E-state index >= 15 is 0 Å². The second-order valence-electron chi connectivity index (χ2n) is 6.64. The average Bonchev–Trinajstić information content (AvgIpc) is 3.06. The highest BCUT2D eigenvalue weighted by Gasteiger charge is 2.50. The van der Waals surface area contributed by atoms with Gasteiger partial charge in [-0.3, -0.25) is 0 Å². The number of rotatable bonds is 3. The quantitative estimate of drug-likeness (QED) is 0.607. The molecule has 0 aromatic heterocycles. The Morgan fingerprint density at radius 1 is 1.15 bits per heavy atom. The molecule has 26 heavy (non-hydrogen) atoms. The Balaban J connectivity index is 1.89. The molecule has 134 valence electrons. The molecule has 0 bridgehead atoms. The molecule has 2 aliphatic heterocycles. The first-order chi connectivity index (χ1) is 12.6. The normalized spacial score (nSPS) is 26.5. The predicted molar refractivity (Wildman–Crippen MR) is 114 cm³/mol. The van der Waals surface area contributed by atoms with Crippen LogP contribution in [0.15, 0.2) is 63.0 Å². The Kier molecular flexibility index (Phi) is 4.70. The average molecular weight is 429 g/mol. The number of hydrogen-bond donors (Lipinski definition) is 0. The van der Waals surface area contributed by atoms with Gasteiger partial charge in [0, 0.05) is 22.7 Å². The minimum Gasteiger partial charge on any atom is -0.482 e. The lowest BCUT2D eigenvalue weighted by Gasteiger charge is -2.45. The summed E-state index contributed by atoms with van der Waals surface area (Å²) in [5.74, 6) is 1.86. The fourth-order valence-electron chi connectivity index (χ4n) is 3.81. The molecular formula is C21H21BrN2OS. The van der Waals surface area contributed by atoms with Crippen LogP contribution in [0.3, 0.4) is 0 Å². The summed E-state index contributed by atoms with van der Waals surface area (Å²) in [5, 5.41) is 0.860. The molecule has 2 unspecified atom stereocenters. The van der Waals surface area contributed by atoms with Gasteiger partial charge in [-0.15, -0.1) is 0 Å². The first-order valence-electron chi connectivity index (χ1n) is 8.93. The van der Waals surface area contributed by atoms with E-state index in [4.69, 9.17) is 9.73 Å². The first-order valence-corrected chi connectivity index (χ1v) is 10.7. The lowest BCUT2D eigenvalue weighted by molar-refractivity contribution is 0.0199. The van der Waals surface area contributed by atoms with Gasteiger partial charge in [-0.25, -0.2) is 9.98 Å². The van der Waals surface area contributed by atoms with Gasteiger partial charge in [-0.2, -0.15) is 0 Å². The van der Waals surface area contributed by atoms with Crippen molar-refractivity contribution in [2.24, 2.45) is 9.98 Å². The monoisotopic (exact) mass is 428 g/mol. The summed E-state index contributed by atoms with van der Waals surface area (Å²) in [6.45, 7) is 4.31. The van der Waals surface area contributed by atoms with Crippen molar-refractivity contribution in [2.45, 2.75) is 37.8 Å². The van der Waals surface area contributed by atoms with Crippen LogP contribution in [-0.2, 0) is 11.1 Å². The molecular weight excluding hydrogens is 408 g/mol. The Morgan fingerprint density at radius 2 is 1.96 bits per heavy atom. The molecule has 5 heteroatoms. The second kappa shape index (κ2) is 6.86. The standard InChI is InChI=1S/C21H21BrN2OS/c1-3-21(15-8-6-5-7-9-15)13-20(14-23-19(24-20)26-4-2)17-12-16(22)10-11-18(17)25-21/h5-12,14H,3-4,13H2,1-2H3. The SMILES string of the molecule is CCSC1=NC2(C=N1)CC(CC)(c1ccccc1)Oc1ccc(Br)cc12. The molecule has 3 nitrogen and oxygen atoms in total. The van der Waals surface area contributed by atoms with E-state index in [1.807, 2.05) is 24.4 Å². The number of halogens is 1. The molecule has 2 atom stereocenters. The van der Waals surface area contributed by atoms with Gasteiger partial charge < -0.3 is 4.74 Å². The molecule has 2 aromatic rings. The van der Waals surface area contributed by atoms with E-state index in [0.29, 0.717) is 0 Å². The third kappa shape index (κ3) is 2.91. The molecule has 4 rings (SSSR count). The van der Waals surface area contributed by atoms with Crippen molar-refractivity contribution in [2.75, 3.05) is 5.75 Å². The summed E-state index contributed by atoms with van der Waals surface area (Å²) in [4.78, 5) is 9.72. The van der Waals surface area contributed by atoms with Gasteiger partial charge in [0.2, 0.25) is 0 Å². The van der Waals surface area contributed by atoms with Crippen LogP contribution in [0.4, 0.5) is 0 Å². The first kappa shape index (κ1) is 17.8. The van der Waals surface area contributed by atoms with Crippen molar-refractivity contribution in [3.05, 3.63) is 64.1 Å². The second-order valence-corrected chi connectivity index (χ2v) is 8.79. The highest BCUT2D eigenvalue weighted by molar-refractivity contribution is 9.10. The zero-order valence-corrected chi connectivity index (χ0v) is 17.3. The van der Waals surface area contributed by atoms with Crippen molar-refractivity contribution >= 4 is 39.1 Å². The third-order valence-corrected chi connectivity index (χ3v) is 6.33. The van der Waals surface area contributed by atoms with E-state index < -0.39 is 11.1 Å². The van der Waals surface area contributed by atoms with Crippen LogP contribution in [0.5, 0.6) is 5.75 Å². The van der Waals surface area contributed by atoms with Crippen molar-refractivity contribution in [3.8, 4) is 5.75 Å². The van der Waals surface area contributed by atoms with Crippen molar-refractivity contribution in [1.82, 2.24) is 0 Å². The number of fused-ring (bicyclic) bond motifs is 2. The Morgan fingerprint density at radius 3 is 2.69 bits per heavy atom. The van der Waals surface area contributed by atoms with E-state index in [-0.39, 0.29) is 0 Å². The molecule has 2 aliphatic rings. The van der Waals surface area contributed by atoms with Gasteiger partial charge in [-0.05, 0) is 35.9 Å². The minimum atomic E-state index is -0.472. The number of thioether (sulfide) groups is 1. The van der Waals surface area contributed by atoms with Crippen molar-refractivity contribution in [3.63, 3.8) is 0 Å². The molecule has 0 saturated heterocycles. The summed E-state index contributed by atoms with van der Waals surface area (Å²) in [5.41, 5.74) is 1.39. The number of aliphatic imine (C=N–C) groups is 2. The number of nitrogens with zero attached hydrogens (tertiary/aromatic N) is 2. The fraction of sp³-hybridized carbons (Fsp3) is 0.333. The molecule has 0 amide bonds. The summed E-state index contributed by atoms with van der Waals surface area (Å²) in [6.07, 6.45) is 3.64. The van der Waals surface area contributed by atoms with Crippen molar-refractivity contribution in [1.29, 1.82) is 0 Å². The van der Waals surface area contributed by atoms with E-state index in [2.05, 4.69) is 65.1 Å². The predicted octanol–water partition coefficient (Wildman–Crippen LogP) is 5.93. The zero-order valence-electron chi connectivity index (χ0n) is 14.9. The molecule has 0 aliphatic carbocycles. The lowest BCUT2D eigenvalue weighted by atomic mass is 9.73. The minimum absolute atomic E-state index is 0.413. The smallest absolute Gasteiger partial charge is 0.183 e. The summed E-state index contributed by atoms with van der Waals surface area (Å²) < 4.78 is 7.66. The molecule has 1 spiro atoms. The number of ether oxygens (including phenoxy) is 1. The number of hydrogen-bond acceptors (Lipinski definition) is 4. The van der Waals surface area contributed by atoms with Gasteiger partial charge in [-0.1, -0.05) is 71.9 Å². The van der Waals surface area contributed by atoms with Gasteiger partial charge in [0.25, 0.3) is 0 Å². The van der Waals surface area contributed by atoms with E-state index in [9.17, 15) is 0 Å². The fourth-order valence-corrected chi connectivity index (χ4v) is 4.79. The highest BCUT2D eigenvalue weighted by Crippen LogP contribution is 2.52. The summed E-state index contributed by atoms with van der Waals surface area (Å²) >= 11 is 5.29. The lowest BCUT2D eigenvalue weighted by Crippen LogP contribution is -2.45. The van der Waals surface area contributed by atoms with Crippen LogP contribution in [0.25, 0.3) is 0 Å². The number of benzene rings is 2. The van der Waals surface area contributed by atoms with Crippen LogP contribution < -0.4 is 4.74 Å². The number of amidine groups is 1. The molecule has 2 aromatic carbocycles.